The fourth-order valence-corrected chi connectivity index (χ4v) is 4.58. The van der Waals surface area contributed by atoms with Crippen molar-refractivity contribution in [1.29, 1.82) is 0 Å². The first-order valence-electron chi connectivity index (χ1n) is 6.98. The third-order valence-corrected chi connectivity index (χ3v) is 5.32. The Kier molecular flexibility index (Phi) is 1.96. The lowest BCUT2D eigenvalue weighted by Gasteiger charge is -2.39. The fourth-order valence-electron chi connectivity index (χ4n) is 4.58. The Morgan fingerprint density at radius 2 is 2.11 bits per heavy atom. The summed E-state index contributed by atoms with van der Waals surface area (Å²) in [6.07, 6.45) is 9.15. The Morgan fingerprint density at radius 3 is 2.83 bits per heavy atom. The van der Waals surface area contributed by atoms with Crippen LogP contribution in [-0.4, -0.2) is 5.78 Å². The molecule has 0 saturated heterocycles. The van der Waals surface area contributed by atoms with E-state index in [1.54, 1.807) is 0 Å². The maximum atomic E-state index is 12.5. The van der Waals surface area contributed by atoms with E-state index in [1.165, 1.54) is 18.4 Å². The van der Waals surface area contributed by atoms with Crippen molar-refractivity contribution in [3.05, 3.63) is 47.0 Å². The number of Topliss-reactive ketones (excluding diaryl/α,β-unsaturated/α-hetero) is 1. The monoisotopic (exact) mass is 238 g/mol. The molecule has 0 radical (unpaired) electrons. The van der Waals surface area contributed by atoms with Gasteiger partial charge in [-0.25, -0.2) is 0 Å². The second-order valence-corrected chi connectivity index (χ2v) is 6.44. The van der Waals surface area contributed by atoms with E-state index >= 15 is 0 Å². The second-order valence-electron chi connectivity index (χ2n) is 6.44. The average Bonchev–Trinajstić information content (AvgIpc) is 2.88. The van der Waals surface area contributed by atoms with Crippen molar-refractivity contribution >= 4 is 5.78 Å². The number of carbonyl (C=O) groups is 1. The van der Waals surface area contributed by atoms with E-state index in [0.29, 0.717) is 11.7 Å². The summed E-state index contributed by atoms with van der Waals surface area (Å²) >= 11 is 0. The minimum Gasteiger partial charge on any atom is -0.294 e. The Bertz CT molecular complexity index is 569. The zero-order chi connectivity index (χ0) is 12.3. The standard InChI is InChI=1S/C17H18O/c1-11-3-2-4-13-9-17(10-15(18)16(11)13)8-12-5-6-14(17)7-12/h2-6,12,14H,7-10H2,1H3. The van der Waals surface area contributed by atoms with E-state index in [0.717, 1.165) is 29.9 Å². The molecule has 0 amide bonds. The van der Waals surface area contributed by atoms with Crippen LogP contribution in [0.3, 0.4) is 0 Å². The summed E-state index contributed by atoms with van der Waals surface area (Å²) < 4.78 is 0. The van der Waals surface area contributed by atoms with Gasteiger partial charge in [0.15, 0.2) is 5.78 Å². The molecule has 3 atom stereocenters. The summed E-state index contributed by atoms with van der Waals surface area (Å²) in [5.41, 5.74) is 3.74. The summed E-state index contributed by atoms with van der Waals surface area (Å²) in [7, 11) is 0. The van der Waals surface area contributed by atoms with Crippen molar-refractivity contribution < 1.29 is 4.79 Å². The molecule has 1 nitrogen and oxygen atoms in total. The SMILES string of the molecule is Cc1cccc2c1C(=O)CC1(C2)CC2C=CC1C2. The van der Waals surface area contributed by atoms with Gasteiger partial charge in [0.1, 0.15) is 0 Å². The molecule has 3 aliphatic rings. The average molecular weight is 238 g/mol. The number of allylic oxidation sites excluding steroid dienone is 2. The lowest BCUT2D eigenvalue weighted by Crippen LogP contribution is -2.36. The molecule has 1 spiro atoms. The van der Waals surface area contributed by atoms with Crippen molar-refractivity contribution in [1.82, 2.24) is 0 Å². The van der Waals surface area contributed by atoms with Crippen molar-refractivity contribution in [2.24, 2.45) is 17.3 Å². The molecule has 18 heavy (non-hydrogen) atoms. The van der Waals surface area contributed by atoms with Gasteiger partial charge < -0.3 is 0 Å². The Labute approximate surface area is 108 Å². The molecule has 0 aliphatic heterocycles. The number of fused-ring (bicyclic) bond motifs is 4. The van der Waals surface area contributed by atoms with Crippen LogP contribution >= 0.6 is 0 Å². The molecule has 0 N–H and O–H groups in total. The minimum absolute atomic E-state index is 0.261. The van der Waals surface area contributed by atoms with Crippen LogP contribution in [0.4, 0.5) is 0 Å². The summed E-state index contributed by atoms with van der Waals surface area (Å²) in [6.45, 7) is 2.06. The summed E-state index contributed by atoms with van der Waals surface area (Å²) in [5.74, 6) is 1.78. The van der Waals surface area contributed by atoms with Gasteiger partial charge in [-0.15, -0.1) is 0 Å². The van der Waals surface area contributed by atoms with Crippen LogP contribution < -0.4 is 0 Å². The number of carbonyl (C=O) groups excluding carboxylic acids is 1. The molecular formula is C17H18O. The fraction of sp³-hybridized carbons (Fsp3) is 0.471. The highest BCUT2D eigenvalue weighted by molar-refractivity contribution is 6.00. The van der Waals surface area contributed by atoms with E-state index in [-0.39, 0.29) is 5.41 Å². The van der Waals surface area contributed by atoms with Gasteiger partial charge in [-0.3, -0.25) is 4.79 Å². The van der Waals surface area contributed by atoms with Gasteiger partial charge in [-0.05, 0) is 54.6 Å². The Balaban J connectivity index is 1.81. The summed E-state index contributed by atoms with van der Waals surface area (Å²) in [5, 5.41) is 0. The molecule has 1 saturated carbocycles. The Morgan fingerprint density at radius 1 is 1.22 bits per heavy atom. The number of hydrogen-bond acceptors (Lipinski definition) is 1. The van der Waals surface area contributed by atoms with Crippen molar-refractivity contribution in [2.45, 2.75) is 32.6 Å². The molecule has 4 rings (SSSR count). The van der Waals surface area contributed by atoms with Gasteiger partial charge in [-0.1, -0.05) is 30.4 Å². The van der Waals surface area contributed by atoms with Crippen molar-refractivity contribution in [3.8, 4) is 0 Å². The molecule has 1 aromatic rings. The smallest absolute Gasteiger partial charge is 0.164 e. The normalized spacial score (nSPS) is 36.4. The van der Waals surface area contributed by atoms with Gasteiger partial charge in [0.05, 0.1) is 0 Å². The maximum absolute atomic E-state index is 12.5. The molecule has 1 fully saturated rings. The first-order chi connectivity index (χ1) is 8.68. The van der Waals surface area contributed by atoms with E-state index in [4.69, 9.17) is 0 Å². The predicted octanol–water partition coefficient (Wildman–Crippen LogP) is 3.71. The lowest BCUT2D eigenvalue weighted by atomic mass is 9.63. The number of hydrogen-bond donors (Lipinski definition) is 0. The van der Waals surface area contributed by atoms with Crippen LogP contribution in [0, 0.1) is 24.2 Å². The van der Waals surface area contributed by atoms with E-state index in [2.05, 4.69) is 37.3 Å². The van der Waals surface area contributed by atoms with Crippen LogP contribution in [0.1, 0.15) is 40.7 Å². The predicted molar refractivity (Wildman–Crippen MR) is 71.6 cm³/mol. The molecule has 0 aromatic heterocycles. The molecule has 92 valence electrons. The summed E-state index contributed by atoms with van der Waals surface area (Å²) in [6, 6.07) is 6.33. The second kappa shape index (κ2) is 3.34. The van der Waals surface area contributed by atoms with Gasteiger partial charge in [0, 0.05) is 12.0 Å². The molecule has 1 aromatic carbocycles. The molecule has 3 aliphatic carbocycles. The maximum Gasteiger partial charge on any atom is 0.164 e. The van der Waals surface area contributed by atoms with Crippen molar-refractivity contribution in [2.75, 3.05) is 0 Å². The lowest BCUT2D eigenvalue weighted by molar-refractivity contribution is 0.0847. The van der Waals surface area contributed by atoms with E-state index in [9.17, 15) is 4.79 Å². The van der Waals surface area contributed by atoms with Crippen LogP contribution in [0.5, 0.6) is 0 Å². The van der Waals surface area contributed by atoms with E-state index < -0.39 is 0 Å². The topological polar surface area (TPSA) is 17.1 Å². The quantitative estimate of drug-likeness (QED) is 0.630. The molecule has 1 heteroatoms. The highest BCUT2D eigenvalue weighted by Gasteiger charge is 2.51. The van der Waals surface area contributed by atoms with Gasteiger partial charge in [0.25, 0.3) is 0 Å². The molecule has 2 bridgehead atoms. The van der Waals surface area contributed by atoms with Crippen LogP contribution in [0.25, 0.3) is 0 Å². The first-order valence-corrected chi connectivity index (χ1v) is 6.98. The van der Waals surface area contributed by atoms with Crippen molar-refractivity contribution in [3.63, 3.8) is 0 Å². The van der Waals surface area contributed by atoms with Crippen LogP contribution in [0.2, 0.25) is 0 Å². The summed E-state index contributed by atoms with van der Waals surface area (Å²) in [4.78, 5) is 12.5. The first kappa shape index (κ1) is 10.5. The van der Waals surface area contributed by atoms with Gasteiger partial charge >= 0.3 is 0 Å². The highest BCUT2D eigenvalue weighted by atomic mass is 16.1. The van der Waals surface area contributed by atoms with E-state index in [1.807, 2.05) is 0 Å². The largest absolute Gasteiger partial charge is 0.294 e. The molecule has 3 unspecified atom stereocenters. The number of ketones is 1. The number of rotatable bonds is 0. The zero-order valence-electron chi connectivity index (χ0n) is 10.8. The number of benzene rings is 1. The minimum atomic E-state index is 0.261. The molecular weight excluding hydrogens is 220 g/mol. The Hall–Kier alpha value is -1.37. The molecule has 0 heterocycles. The van der Waals surface area contributed by atoms with Gasteiger partial charge in [0.2, 0.25) is 0 Å². The van der Waals surface area contributed by atoms with Crippen LogP contribution in [0.15, 0.2) is 30.4 Å². The van der Waals surface area contributed by atoms with Crippen LogP contribution in [-0.2, 0) is 6.42 Å². The zero-order valence-corrected chi connectivity index (χ0v) is 10.8. The number of aryl methyl sites for hydroxylation is 1. The van der Waals surface area contributed by atoms with Gasteiger partial charge in [-0.2, -0.15) is 0 Å². The third kappa shape index (κ3) is 1.25. The highest BCUT2D eigenvalue weighted by Crippen LogP contribution is 2.57. The third-order valence-electron chi connectivity index (χ3n) is 5.32.